The van der Waals surface area contributed by atoms with Gasteiger partial charge in [-0.2, -0.15) is 0 Å². The molecular formula is C23H31IN6. The summed E-state index contributed by atoms with van der Waals surface area (Å²) in [6.45, 7) is 7.09. The highest BCUT2D eigenvalue weighted by atomic mass is 127. The number of aryl methyl sites for hydroxylation is 1. The summed E-state index contributed by atoms with van der Waals surface area (Å²) in [7, 11) is 0. The Morgan fingerprint density at radius 2 is 1.70 bits per heavy atom. The van der Waals surface area contributed by atoms with Crippen LogP contribution in [0.25, 0.3) is 0 Å². The predicted molar refractivity (Wildman–Crippen MR) is 133 cm³/mol. The molecule has 0 bridgehead atoms. The Kier molecular flexibility index (Phi) is 10.3. The Hall–Kier alpha value is -2.42. The maximum absolute atomic E-state index is 4.71. The number of aromatic nitrogens is 3. The van der Waals surface area contributed by atoms with Crippen molar-refractivity contribution >= 4 is 29.9 Å². The molecule has 0 fully saturated rings. The maximum atomic E-state index is 4.71. The fourth-order valence-electron chi connectivity index (χ4n) is 3.31. The van der Waals surface area contributed by atoms with Gasteiger partial charge in [0, 0.05) is 25.6 Å². The molecule has 3 aromatic rings. The van der Waals surface area contributed by atoms with Crippen molar-refractivity contribution in [1.29, 1.82) is 0 Å². The van der Waals surface area contributed by atoms with Gasteiger partial charge in [-0.05, 0) is 31.4 Å². The normalized spacial score (nSPS) is 12.1. The van der Waals surface area contributed by atoms with Gasteiger partial charge in [0.25, 0.3) is 0 Å². The van der Waals surface area contributed by atoms with E-state index < -0.39 is 0 Å². The van der Waals surface area contributed by atoms with E-state index in [1.54, 1.807) is 6.33 Å². The van der Waals surface area contributed by atoms with E-state index in [0.717, 1.165) is 37.8 Å². The van der Waals surface area contributed by atoms with Gasteiger partial charge in [0.1, 0.15) is 12.9 Å². The van der Waals surface area contributed by atoms with E-state index in [2.05, 4.69) is 95.3 Å². The van der Waals surface area contributed by atoms with Crippen molar-refractivity contribution in [3.05, 3.63) is 83.9 Å². The third-order valence-electron chi connectivity index (χ3n) is 4.87. The molecule has 160 valence electrons. The molecule has 7 heteroatoms. The molecule has 2 N–H and O–H groups in total. The molecule has 1 aromatic heterocycles. The standard InChI is InChI=1S/C23H30N6.HI/c1-3-24-23(26-17-22-28-27-18-29(22)4-2)25-16-21(20-13-9-6-10-14-20)15-19-11-7-5-8-12-19;/h5-14,18,21H,3-4,15-17H2,1-2H3,(H2,24,25,26);1H. The number of guanidine groups is 1. The first-order valence-electron chi connectivity index (χ1n) is 10.3. The number of hydrogen-bond acceptors (Lipinski definition) is 3. The number of aliphatic imine (C=N–C) groups is 1. The van der Waals surface area contributed by atoms with Crippen LogP contribution in [0, 0.1) is 0 Å². The van der Waals surface area contributed by atoms with E-state index in [0.29, 0.717) is 12.5 Å². The Labute approximate surface area is 196 Å². The number of nitrogens with one attached hydrogen (secondary N) is 2. The zero-order valence-electron chi connectivity index (χ0n) is 17.7. The first-order chi connectivity index (χ1) is 14.3. The van der Waals surface area contributed by atoms with E-state index >= 15 is 0 Å². The molecule has 0 radical (unpaired) electrons. The molecule has 0 aliphatic rings. The smallest absolute Gasteiger partial charge is 0.191 e. The molecule has 1 unspecified atom stereocenters. The van der Waals surface area contributed by atoms with Crippen LogP contribution < -0.4 is 10.6 Å². The van der Waals surface area contributed by atoms with E-state index in [1.807, 2.05) is 4.57 Å². The molecule has 0 aliphatic heterocycles. The molecular weight excluding hydrogens is 487 g/mol. The van der Waals surface area contributed by atoms with E-state index in [1.165, 1.54) is 11.1 Å². The number of hydrogen-bond donors (Lipinski definition) is 2. The first-order valence-corrected chi connectivity index (χ1v) is 10.3. The first kappa shape index (κ1) is 23.9. The lowest BCUT2D eigenvalue weighted by molar-refractivity contribution is 0.642. The fraction of sp³-hybridized carbons (Fsp3) is 0.348. The summed E-state index contributed by atoms with van der Waals surface area (Å²) in [5, 5.41) is 15.0. The van der Waals surface area contributed by atoms with E-state index in [9.17, 15) is 0 Å². The van der Waals surface area contributed by atoms with Crippen LogP contribution in [0.2, 0.25) is 0 Å². The maximum Gasteiger partial charge on any atom is 0.191 e. The van der Waals surface area contributed by atoms with Gasteiger partial charge in [0.05, 0.1) is 0 Å². The minimum atomic E-state index is 0. The Morgan fingerprint density at radius 1 is 1.00 bits per heavy atom. The molecule has 0 saturated carbocycles. The van der Waals surface area contributed by atoms with E-state index in [-0.39, 0.29) is 24.0 Å². The van der Waals surface area contributed by atoms with Gasteiger partial charge in [-0.25, -0.2) is 4.99 Å². The summed E-state index contributed by atoms with van der Waals surface area (Å²) in [6.07, 6.45) is 2.72. The largest absolute Gasteiger partial charge is 0.357 e. The Balaban J connectivity index is 0.00000320. The van der Waals surface area contributed by atoms with E-state index in [4.69, 9.17) is 4.99 Å². The molecule has 3 rings (SSSR count). The van der Waals surface area contributed by atoms with Crippen LogP contribution in [-0.4, -0.2) is 33.8 Å². The summed E-state index contributed by atoms with van der Waals surface area (Å²) in [5.41, 5.74) is 2.66. The lowest BCUT2D eigenvalue weighted by Gasteiger charge is -2.20. The summed E-state index contributed by atoms with van der Waals surface area (Å²) in [4.78, 5) is 4.71. The second kappa shape index (κ2) is 13.0. The second-order valence-corrected chi connectivity index (χ2v) is 6.91. The number of halogens is 1. The topological polar surface area (TPSA) is 67.1 Å². The van der Waals surface area contributed by atoms with Crippen molar-refractivity contribution in [3.63, 3.8) is 0 Å². The summed E-state index contributed by atoms with van der Waals surface area (Å²) >= 11 is 0. The van der Waals surface area contributed by atoms with Crippen molar-refractivity contribution in [2.75, 3.05) is 13.1 Å². The van der Waals surface area contributed by atoms with Gasteiger partial charge in [0.15, 0.2) is 11.8 Å². The molecule has 2 aromatic carbocycles. The van der Waals surface area contributed by atoms with Crippen LogP contribution in [0.15, 0.2) is 72.0 Å². The van der Waals surface area contributed by atoms with Crippen molar-refractivity contribution in [2.45, 2.75) is 39.3 Å². The summed E-state index contributed by atoms with van der Waals surface area (Å²) in [5.74, 6) is 2.02. The highest BCUT2D eigenvalue weighted by Gasteiger charge is 2.13. The number of rotatable bonds is 9. The van der Waals surface area contributed by atoms with Gasteiger partial charge in [-0.3, -0.25) is 0 Å². The number of benzene rings is 2. The van der Waals surface area contributed by atoms with Crippen LogP contribution in [0.5, 0.6) is 0 Å². The molecule has 0 saturated heterocycles. The average Bonchev–Trinajstić information content (AvgIpc) is 3.23. The van der Waals surface area contributed by atoms with Crippen molar-refractivity contribution in [2.24, 2.45) is 4.99 Å². The lowest BCUT2D eigenvalue weighted by atomic mass is 9.92. The molecule has 1 heterocycles. The van der Waals surface area contributed by atoms with Gasteiger partial charge in [0.2, 0.25) is 0 Å². The molecule has 6 nitrogen and oxygen atoms in total. The average molecular weight is 518 g/mol. The van der Waals surface area contributed by atoms with Crippen molar-refractivity contribution < 1.29 is 0 Å². The predicted octanol–water partition coefficient (Wildman–Crippen LogP) is 4.00. The van der Waals surface area contributed by atoms with Gasteiger partial charge < -0.3 is 15.2 Å². The molecule has 30 heavy (non-hydrogen) atoms. The lowest BCUT2D eigenvalue weighted by Crippen LogP contribution is -2.39. The van der Waals surface area contributed by atoms with Gasteiger partial charge >= 0.3 is 0 Å². The minimum absolute atomic E-state index is 0. The Morgan fingerprint density at radius 3 is 2.37 bits per heavy atom. The summed E-state index contributed by atoms with van der Waals surface area (Å²) in [6, 6.07) is 21.3. The van der Waals surface area contributed by atoms with Crippen LogP contribution in [0.4, 0.5) is 0 Å². The van der Waals surface area contributed by atoms with Crippen LogP contribution >= 0.6 is 24.0 Å². The number of nitrogens with zero attached hydrogens (tertiary/aromatic N) is 4. The van der Waals surface area contributed by atoms with Gasteiger partial charge in [-0.15, -0.1) is 34.2 Å². The molecule has 0 amide bonds. The third kappa shape index (κ3) is 7.12. The van der Waals surface area contributed by atoms with Crippen molar-refractivity contribution in [3.8, 4) is 0 Å². The van der Waals surface area contributed by atoms with Gasteiger partial charge in [-0.1, -0.05) is 60.7 Å². The van der Waals surface area contributed by atoms with Crippen LogP contribution in [0.3, 0.4) is 0 Å². The second-order valence-electron chi connectivity index (χ2n) is 6.91. The molecule has 1 atom stereocenters. The van der Waals surface area contributed by atoms with Crippen LogP contribution in [-0.2, 0) is 19.5 Å². The van der Waals surface area contributed by atoms with Crippen LogP contribution in [0.1, 0.15) is 36.7 Å². The minimum Gasteiger partial charge on any atom is -0.357 e. The summed E-state index contributed by atoms with van der Waals surface area (Å²) < 4.78 is 2.01. The van der Waals surface area contributed by atoms with Crippen molar-refractivity contribution in [1.82, 2.24) is 25.4 Å². The molecule has 0 spiro atoms. The highest BCUT2D eigenvalue weighted by Crippen LogP contribution is 2.20. The quantitative estimate of drug-likeness (QED) is 0.256. The third-order valence-corrected chi connectivity index (χ3v) is 4.87. The Bertz CT molecular complexity index is 879. The zero-order chi connectivity index (χ0) is 20.3. The fourth-order valence-corrected chi connectivity index (χ4v) is 3.31. The SMILES string of the molecule is CCNC(=NCc1nncn1CC)NCC(Cc1ccccc1)c1ccccc1.I. The monoisotopic (exact) mass is 518 g/mol. The molecule has 0 aliphatic carbocycles. The zero-order valence-corrected chi connectivity index (χ0v) is 20.0. The highest BCUT2D eigenvalue weighted by molar-refractivity contribution is 14.0.